The van der Waals surface area contributed by atoms with Crippen LogP contribution in [0, 0.1) is 0 Å². The summed E-state index contributed by atoms with van der Waals surface area (Å²) < 4.78 is 2.97. The SMILES string of the molecule is Cn1c(-c2ncc(Br)cn2)c(C2CCCC2)c2ccc(C(=O)NC3(c4nc5ccc(C=CC(=O)O)cc5[nH]4)CCC3)cc21. The maximum Gasteiger partial charge on any atom is 0.328 e. The van der Waals surface area contributed by atoms with Gasteiger partial charge in [0.25, 0.3) is 5.91 Å². The van der Waals surface area contributed by atoms with Gasteiger partial charge in [-0.2, -0.15) is 0 Å². The maximum absolute atomic E-state index is 13.8. The second-order valence-corrected chi connectivity index (χ2v) is 12.6. The van der Waals surface area contributed by atoms with Gasteiger partial charge in [0.15, 0.2) is 5.82 Å². The van der Waals surface area contributed by atoms with E-state index >= 15 is 0 Å². The normalized spacial score (nSPS) is 16.7. The molecule has 0 bridgehead atoms. The van der Waals surface area contributed by atoms with E-state index in [-0.39, 0.29) is 5.91 Å². The van der Waals surface area contributed by atoms with E-state index in [4.69, 9.17) is 10.1 Å². The highest BCUT2D eigenvalue weighted by Gasteiger charge is 2.43. The van der Waals surface area contributed by atoms with Crippen molar-refractivity contribution in [2.45, 2.75) is 56.4 Å². The highest BCUT2D eigenvalue weighted by Crippen LogP contribution is 2.44. The van der Waals surface area contributed by atoms with Crippen molar-refractivity contribution in [2.75, 3.05) is 0 Å². The van der Waals surface area contributed by atoms with Gasteiger partial charge >= 0.3 is 5.97 Å². The van der Waals surface area contributed by atoms with Crippen LogP contribution in [0.3, 0.4) is 0 Å². The van der Waals surface area contributed by atoms with Crippen LogP contribution in [0.1, 0.15) is 78.2 Å². The van der Waals surface area contributed by atoms with Crippen molar-refractivity contribution >= 4 is 55.8 Å². The quantitative estimate of drug-likeness (QED) is 0.168. The Balaban J connectivity index is 1.22. The predicted molar refractivity (Wildman–Crippen MR) is 169 cm³/mol. The molecule has 2 aromatic carbocycles. The molecule has 1 amide bonds. The van der Waals surface area contributed by atoms with E-state index in [1.807, 2.05) is 37.4 Å². The van der Waals surface area contributed by atoms with Gasteiger partial charge in [-0.25, -0.2) is 19.7 Å². The van der Waals surface area contributed by atoms with Crippen LogP contribution >= 0.6 is 15.9 Å². The third-order valence-corrected chi connectivity index (χ3v) is 9.44. The number of carboxylic acid groups (broad SMARTS) is 1. The Kier molecular flexibility index (Phi) is 6.88. The van der Waals surface area contributed by atoms with Crippen LogP contribution in [0.2, 0.25) is 0 Å². The van der Waals surface area contributed by atoms with Crippen LogP contribution in [0.4, 0.5) is 0 Å². The number of halogens is 1. The molecule has 0 saturated heterocycles. The third-order valence-electron chi connectivity index (χ3n) is 9.04. The summed E-state index contributed by atoms with van der Waals surface area (Å²) in [7, 11) is 2.03. The molecule has 3 N–H and O–H groups in total. The number of carboxylic acids is 1. The first kappa shape index (κ1) is 27.5. The minimum Gasteiger partial charge on any atom is -0.478 e. The Bertz CT molecular complexity index is 1910. The molecule has 43 heavy (non-hydrogen) atoms. The molecule has 10 heteroatoms. The number of hydrogen-bond donors (Lipinski definition) is 3. The number of rotatable bonds is 7. The molecule has 2 saturated carbocycles. The standard InChI is InChI=1S/C33H31BrN6O3/c1-40-26-16-21(9-10-23(26)28(20-5-2-3-6-20)29(40)30-35-17-22(34)18-36-30)31(43)39-33(13-4-14-33)32-37-24-11-7-19(8-12-27(41)42)15-25(24)38-32/h7-12,15-18,20H,2-6,13-14H2,1H3,(H,37,38)(H,39,43)(H,41,42). The molecule has 218 valence electrons. The van der Waals surface area contributed by atoms with E-state index in [9.17, 15) is 9.59 Å². The molecule has 2 fully saturated rings. The lowest BCUT2D eigenvalue weighted by Crippen LogP contribution is -2.51. The van der Waals surface area contributed by atoms with Crippen molar-refractivity contribution < 1.29 is 14.7 Å². The molecular formula is C33H31BrN6O3. The van der Waals surface area contributed by atoms with Crippen molar-refractivity contribution in [3.63, 3.8) is 0 Å². The summed E-state index contributed by atoms with van der Waals surface area (Å²) in [6.45, 7) is 0. The molecular weight excluding hydrogens is 608 g/mol. The van der Waals surface area contributed by atoms with Gasteiger partial charge in [0.2, 0.25) is 0 Å². The number of aryl methyl sites for hydroxylation is 1. The van der Waals surface area contributed by atoms with Gasteiger partial charge < -0.3 is 20.0 Å². The number of carbonyl (C=O) groups excluding carboxylic acids is 1. The van der Waals surface area contributed by atoms with E-state index in [0.717, 1.165) is 81.7 Å². The molecule has 0 radical (unpaired) electrons. The molecule has 5 aromatic rings. The summed E-state index contributed by atoms with van der Waals surface area (Å²) in [6, 6.07) is 11.6. The van der Waals surface area contributed by atoms with Gasteiger partial charge in [-0.3, -0.25) is 4.79 Å². The van der Waals surface area contributed by atoms with Crippen LogP contribution in [-0.4, -0.2) is 41.5 Å². The molecule has 7 rings (SSSR count). The summed E-state index contributed by atoms with van der Waals surface area (Å²) in [4.78, 5) is 42.2. The molecule has 3 heterocycles. The number of carbonyl (C=O) groups is 2. The number of nitrogens with one attached hydrogen (secondary N) is 2. The Morgan fingerprint density at radius 1 is 1.09 bits per heavy atom. The van der Waals surface area contributed by atoms with Crippen LogP contribution in [0.5, 0.6) is 0 Å². The summed E-state index contributed by atoms with van der Waals surface area (Å²) in [5.41, 5.74) is 5.63. The van der Waals surface area contributed by atoms with E-state index in [0.29, 0.717) is 17.3 Å². The summed E-state index contributed by atoms with van der Waals surface area (Å²) in [5, 5.41) is 13.4. The number of fused-ring (bicyclic) bond motifs is 2. The molecule has 3 aromatic heterocycles. The van der Waals surface area contributed by atoms with Gasteiger partial charge in [-0.05, 0) is 95.4 Å². The van der Waals surface area contributed by atoms with Crippen LogP contribution in [0.15, 0.2) is 59.3 Å². The average Bonchev–Trinajstić information content (AvgIpc) is 3.72. The maximum atomic E-state index is 13.8. The molecule has 2 aliphatic rings. The number of aromatic nitrogens is 5. The molecule has 0 aliphatic heterocycles. The zero-order valence-corrected chi connectivity index (χ0v) is 25.3. The molecule has 9 nitrogen and oxygen atoms in total. The van der Waals surface area contributed by atoms with Crippen LogP contribution < -0.4 is 5.32 Å². The van der Waals surface area contributed by atoms with Crippen molar-refractivity contribution in [1.82, 2.24) is 29.8 Å². The van der Waals surface area contributed by atoms with Crippen molar-refractivity contribution in [3.05, 3.63) is 81.9 Å². The fourth-order valence-corrected chi connectivity index (χ4v) is 6.91. The van der Waals surface area contributed by atoms with Gasteiger partial charge in [0.05, 0.1) is 26.7 Å². The highest BCUT2D eigenvalue weighted by molar-refractivity contribution is 9.10. The number of hydrogen-bond acceptors (Lipinski definition) is 5. The Morgan fingerprint density at radius 3 is 2.56 bits per heavy atom. The van der Waals surface area contributed by atoms with Crippen molar-refractivity contribution in [2.24, 2.45) is 7.05 Å². The first-order valence-electron chi connectivity index (χ1n) is 14.7. The smallest absolute Gasteiger partial charge is 0.328 e. The number of aromatic amines is 1. The van der Waals surface area contributed by atoms with E-state index in [1.54, 1.807) is 18.5 Å². The number of nitrogens with zero attached hydrogens (tertiary/aromatic N) is 4. The molecule has 0 atom stereocenters. The zero-order valence-electron chi connectivity index (χ0n) is 23.7. The van der Waals surface area contributed by atoms with Crippen molar-refractivity contribution in [3.8, 4) is 11.5 Å². The highest BCUT2D eigenvalue weighted by atomic mass is 79.9. The Hall–Kier alpha value is -4.31. The predicted octanol–water partition coefficient (Wildman–Crippen LogP) is 6.84. The van der Waals surface area contributed by atoms with Crippen molar-refractivity contribution in [1.29, 1.82) is 0 Å². The average molecular weight is 640 g/mol. The van der Waals surface area contributed by atoms with E-state index < -0.39 is 11.5 Å². The molecule has 0 spiro atoms. The Morgan fingerprint density at radius 2 is 1.86 bits per heavy atom. The number of imidazole rings is 1. The first-order valence-corrected chi connectivity index (χ1v) is 15.4. The number of amides is 1. The van der Waals surface area contributed by atoms with Gasteiger partial charge in [-0.15, -0.1) is 0 Å². The second kappa shape index (κ2) is 10.8. The number of benzene rings is 2. The van der Waals surface area contributed by atoms with E-state index in [1.165, 1.54) is 18.4 Å². The van der Waals surface area contributed by atoms with Gasteiger partial charge in [-0.1, -0.05) is 25.0 Å². The fraction of sp³-hybridized carbons (Fsp3) is 0.303. The largest absolute Gasteiger partial charge is 0.478 e. The topological polar surface area (TPSA) is 126 Å². The second-order valence-electron chi connectivity index (χ2n) is 11.7. The summed E-state index contributed by atoms with van der Waals surface area (Å²) in [5.74, 6) is 0.714. The zero-order chi connectivity index (χ0) is 29.7. The molecule has 2 aliphatic carbocycles. The number of H-pyrrole nitrogens is 1. The third kappa shape index (κ3) is 4.93. The lowest BCUT2D eigenvalue weighted by Gasteiger charge is -2.40. The van der Waals surface area contributed by atoms with Gasteiger partial charge in [0.1, 0.15) is 5.82 Å². The summed E-state index contributed by atoms with van der Waals surface area (Å²) in [6.07, 6.45) is 13.5. The lowest BCUT2D eigenvalue weighted by molar-refractivity contribution is -0.131. The fourth-order valence-electron chi connectivity index (χ4n) is 6.71. The minimum atomic E-state index is -0.998. The lowest BCUT2D eigenvalue weighted by atomic mass is 9.76. The first-order chi connectivity index (χ1) is 20.8. The van der Waals surface area contributed by atoms with Crippen LogP contribution in [0.25, 0.3) is 39.5 Å². The monoisotopic (exact) mass is 638 g/mol. The van der Waals surface area contributed by atoms with Crippen LogP contribution in [-0.2, 0) is 17.4 Å². The molecule has 0 unspecified atom stereocenters. The van der Waals surface area contributed by atoms with E-state index in [2.05, 4.69) is 46.8 Å². The summed E-state index contributed by atoms with van der Waals surface area (Å²) >= 11 is 3.45. The Labute approximate surface area is 256 Å². The van der Waals surface area contributed by atoms with Gasteiger partial charge in [0, 0.05) is 42.0 Å². The number of aliphatic carboxylic acids is 1. The minimum absolute atomic E-state index is 0.141.